The number of halogens is 2. The molecule has 0 radical (unpaired) electrons. The lowest BCUT2D eigenvalue weighted by Crippen LogP contribution is -2.50. The lowest BCUT2D eigenvalue weighted by atomic mass is 9.91. The smallest absolute Gasteiger partial charge is 0.317 e. The second-order valence-electron chi connectivity index (χ2n) is 17.2. The number of aliphatic hydroxyl groups excluding tert-OH is 6. The van der Waals surface area contributed by atoms with E-state index in [2.05, 4.69) is 66.2 Å². The van der Waals surface area contributed by atoms with E-state index in [0.717, 1.165) is 25.7 Å². The summed E-state index contributed by atoms with van der Waals surface area (Å²) in [4.78, 5) is 44.8. The van der Waals surface area contributed by atoms with E-state index >= 15 is 0 Å². The predicted molar refractivity (Wildman–Crippen MR) is 228 cm³/mol. The van der Waals surface area contributed by atoms with Gasteiger partial charge in [0.15, 0.2) is 34.0 Å². The lowest BCUT2D eigenvalue weighted by molar-refractivity contribution is 0.00491. The quantitative estimate of drug-likeness (QED) is 0.0787. The Balaban J connectivity index is 0.717. The van der Waals surface area contributed by atoms with Gasteiger partial charge in [-0.05, 0) is 74.6 Å². The molecule has 3 aliphatic carbocycles. The normalized spacial score (nSPS) is 28.7. The maximum absolute atomic E-state index is 13.5. The average Bonchev–Trinajstić information content (AvgIpc) is 4.18. The van der Waals surface area contributed by atoms with Crippen molar-refractivity contribution in [1.29, 1.82) is 0 Å². The Labute approximate surface area is 378 Å². The standard InChI is InChI=1S/C38H48Cl2N18O7/c39-36-48-32(26-34(50-36)55(15-41-26)22-9-24(30(63)28(22)61)57-43-11-20(13-59)52-57)45-17-1-3-18(4-2-17)47-38(65)54-7-5-19(6-8-54)46-33-27-35(51-37(40)49-33)56(16-42-27)23-10-25(31(64)29(23)62)58-44-12-21(14-60)53-58/h11-12,15-19,22-25,28-31,59-64H,1-10,13-14H2,(H,47,65)(H,45,48,50)(H,46,49,51)/t17?,18?,22-,23-,24+,25+,28+,29+,30-,31-/m1/s1. The number of urea groups is 1. The number of likely N-dealkylation sites (tertiary alicyclic amines) is 1. The highest BCUT2D eigenvalue weighted by molar-refractivity contribution is 6.29. The molecule has 0 aromatic carbocycles. The number of anilines is 2. The predicted octanol–water partition coefficient (Wildman–Crippen LogP) is 0.265. The van der Waals surface area contributed by atoms with Crippen LogP contribution in [-0.2, 0) is 13.2 Å². The van der Waals surface area contributed by atoms with Crippen LogP contribution in [0.4, 0.5) is 16.4 Å². The second kappa shape index (κ2) is 17.8. The Bertz CT molecular complexity index is 2660. The van der Waals surface area contributed by atoms with E-state index in [4.69, 9.17) is 23.2 Å². The number of nitrogens with zero attached hydrogens (tertiary/aromatic N) is 15. The van der Waals surface area contributed by atoms with Crippen molar-refractivity contribution >= 4 is 63.2 Å². The van der Waals surface area contributed by atoms with E-state index in [-0.39, 0.29) is 60.8 Å². The number of aliphatic hydroxyl groups is 6. The van der Waals surface area contributed by atoms with E-state index in [1.165, 1.54) is 22.0 Å². The maximum atomic E-state index is 13.5. The summed E-state index contributed by atoms with van der Waals surface area (Å²) in [5.41, 5.74) is 2.42. The van der Waals surface area contributed by atoms with Crippen LogP contribution >= 0.6 is 23.2 Å². The van der Waals surface area contributed by atoms with Crippen LogP contribution < -0.4 is 16.0 Å². The SMILES string of the molecule is O=C(NC1CCC(Nc2nc(Cl)nc3c2ncn3[C@@H]2C[C@H](n3ncc(CO)n3)[C@@H](O)[C@H]2O)CC1)N1CCC(Nc2nc(Cl)nc3c2ncn3[C@@H]2C[C@H](n3ncc(CO)n3)[C@@H](O)[C@H]2O)CC1. The molecule has 10 rings (SSSR count). The molecular weight excluding hydrogens is 891 g/mol. The van der Waals surface area contributed by atoms with Gasteiger partial charge in [0.1, 0.15) is 47.9 Å². The molecule has 0 unspecified atom stereocenters. The summed E-state index contributed by atoms with van der Waals surface area (Å²) in [6.45, 7) is 0.444. The van der Waals surface area contributed by atoms with E-state index in [1.54, 1.807) is 21.8 Å². The van der Waals surface area contributed by atoms with Gasteiger partial charge in [-0.25, -0.2) is 14.8 Å². The first-order valence-electron chi connectivity index (χ1n) is 21.6. The van der Waals surface area contributed by atoms with Crippen molar-refractivity contribution in [3.63, 3.8) is 0 Å². The molecule has 6 aromatic rings. The number of carbonyl (C=O) groups excluding carboxylic acids is 1. The maximum Gasteiger partial charge on any atom is 0.317 e. The minimum Gasteiger partial charge on any atom is -0.390 e. The Morgan fingerprint density at radius 3 is 1.49 bits per heavy atom. The third-order valence-corrected chi connectivity index (χ3v) is 13.6. The van der Waals surface area contributed by atoms with Gasteiger partial charge in [0.2, 0.25) is 10.6 Å². The van der Waals surface area contributed by atoms with Crippen LogP contribution in [0, 0.1) is 0 Å². The molecule has 8 atom stereocenters. The molecule has 9 N–H and O–H groups in total. The van der Waals surface area contributed by atoms with Gasteiger partial charge < -0.3 is 60.6 Å². The fourth-order valence-corrected chi connectivity index (χ4v) is 10.1. The molecule has 7 heterocycles. The molecule has 3 saturated carbocycles. The molecule has 1 saturated heterocycles. The summed E-state index contributed by atoms with van der Waals surface area (Å²) >= 11 is 12.8. The summed E-state index contributed by atoms with van der Waals surface area (Å²) in [6, 6.07) is -2.63. The highest BCUT2D eigenvalue weighted by Crippen LogP contribution is 2.41. The number of aromatic nitrogens is 14. The van der Waals surface area contributed by atoms with Crippen LogP contribution in [0.3, 0.4) is 0 Å². The van der Waals surface area contributed by atoms with Crippen molar-refractivity contribution in [3.05, 3.63) is 47.0 Å². The van der Waals surface area contributed by atoms with Gasteiger partial charge in [-0.2, -0.15) is 49.9 Å². The summed E-state index contributed by atoms with van der Waals surface area (Å²) in [6.07, 6.45) is 6.05. The minimum absolute atomic E-state index is 0.00275. The lowest BCUT2D eigenvalue weighted by Gasteiger charge is -2.35. The molecule has 6 aromatic heterocycles. The van der Waals surface area contributed by atoms with Crippen LogP contribution in [0.1, 0.15) is 86.9 Å². The first-order valence-corrected chi connectivity index (χ1v) is 22.4. The van der Waals surface area contributed by atoms with Crippen molar-refractivity contribution < 1.29 is 35.4 Å². The molecule has 27 heteroatoms. The highest BCUT2D eigenvalue weighted by atomic mass is 35.5. The number of amides is 2. The van der Waals surface area contributed by atoms with E-state index < -0.39 is 48.6 Å². The molecule has 1 aliphatic heterocycles. The highest BCUT2D eigenvalue weighted by Gasteiger charge is 2.47. The number of fused-ring (bicyclic) bond motifs is 2. The monoisotopic (exact) mass is 938 g/mol. The number of nitrogens with one attached hydrogen (secondary N) is 3. The van der Waals surface area contributed by atoms with E-state index in [1.807, 2.05) is 4.90 Å². The van der Waals surface area contributed by atoms with Crippen LogP contribution in [0.5, 0.6) is 0 Å². The topological polar surface area (TPSA) is 326 Å². The van der Waals surface area contributed by atoms with Gasteiger partial charge in [-0.1, -0.05) is 0 Å². The first kappa shape index (κ1) is 43.5. The van der Waals surface area contributed by atoms with Crippen molar-refractivity contribution in [2.75, 3.05) is 23.7 Å². The van der Waals surface area contributed by atoms with Crippen molar-refractivity contribution in [2.24, 2.45) is 0 Å². The van der Waals surface area contributed by atoms with E-state index in [0.29, 0.717) is 71.3 Å². The minimum atomic E-state index is -1.18. The molecule has 4 aliphatic rings. The molecular formula is C38H48Cl2N18O7. The zero-order valence-corrected chi connectivity index (χ0v) is 36.2. The third-order valence-electron chi connectivity index (χ3n) is 13.3. The summed E-state index contributed by atoms with van der Waals surface area (Å²) < 4.78 is 3.37. The van der Waals surface area contributed by atoms with Crippen LogP contribution in [0.15, 0.2) is 25.0 Å². The van der Waals surface area contributed by atoms with E-state index in [9.17, 15) is 35.4 Å². The molecule has 0 bridgehead atoms. The van der Waals surface area contributed by atoms with Crippen molar-refractivity contribution in [3.8, 4) is 0 Å². The number of carbonyl (C=O) groups is 1. The number of imidazole rings is 2. The number of hydrogen-bond donors (Lipinski definition) is 9. The van der Waals surface area contributed by atoms with Crippen LogP contribution in [-0.4, -0.2) is 166 Å². The molecule has 65 heavy (non-hydrogen) atoms. The zero-order valence-electron chi connectivity index (χ0n) is 34.7. The number of rotatable bonds is 11. The molecule has 0 spiro atoms. The summed E-state index contributed by atoms with van der Waals surface area (Å²) in [5.74, 6) is 0.884. The molecule has 4 fully saturated rings. The Kier molecular flexibility index (Phi) is 11.9. The second-order valence-corrected chi connectivity index (χ2v) is 17.9. The van der Waals surface area contributed by atoms with Gasteiger partial charge in [-0.3, -0.25) is 0 Å². The molecule has 25 nitrogen and oxygen atoms in total. The Hall–Kier alpha value is -5.41. The number of hydrogen-bond acceptors (Lipinski definition) is 19. The molecule has 2 amide bonds. The average molecular weight is 940 g/mol. The van der Waals surface area contributed by atoms with Crippen molar-refractivity contribution in [1.82, 2.24) is 79.2 Å². The Morgan fingerprint density at radius 2 is 1.05 bits per heavy atom. The van der Waals surface area contributed by atoms with Gasteiger partial charge in [0, 0.05) is 31.2 Å². The van der Waals surface area contributed by atoms with Gasteiger partial charge >= 0.3 is 6.03 Å². The largest absolute Gasteiger partial charge is 0.390 e. The first-order chi connectivity index (χ1) is 31.5. The third kappa shape index (κ3) is 8.27. The fourth-order valence-electron chi connectivity index (χ4n) is 9.79. The van der Waals surface area contributed by atoms with Gasteiger partial charge in [0.05, 0.1) is 50.3 Å². The fraction of sp³-hybridized carbons (Fsp3) is 0.605. The van der Waals surface area contributed by atoms with Crippen molar-refractivity contribution in [2.45, 2.75) is 131 Å². The van der Waals surface area contributed by atoms with Crippen LogP contribution in [0.25, 0.3) is 22.3 Å². The summed E-state index contributed by atoms with van der Waals surface area (Å²) in [5, 5.41) is 89.6. The van der Waals surface area contributed by atoms with Gasteiger partial charge in [0.25, 0.3) is 0 Å². The zero-order chi connectivity index (χ0) is 45.1. The molecule has 346 valence electrons. The summed E-state index contributed by atoms with van der Waals surface area (Å²) in [7, 11) is 0. The van der Waals surface area contributed by atoms with Gasteiger partial charge in [-0.15, -0.1) is 0 Å². The number of piperidine rings is 1. The van der Waals surface area contributed by atoms with Crippen LogP contribution in [0.2, 0.25) is 10.6 Å². The Morgan fingerprint density at radius 1 is 0.615 bits per heavy atom.